The third kappa shape index (κ3) is 6.01. The maximum Gasteiger partial charge on any atom is 0.225 e. The molecule has 1 aliphatic rings. The van der Waals surface area contributed by atoms with Crippen molar-refractivity contribution in [1.29, 1.82) is 0 Å². The topological polar surface area (TPSA) is 84.0 Å². The maximum atomic E-state index is 12.0. The lowest BCUT2D eigenvalue weighted by Crippen LogP contribution is -2.40. The predicted octanol–water partition coefficient (Wildman–Crippen LogP) is 3.50. The van der Waals surface area contributed by atoms with Crippen LogP contribution in [0.25, 0.3) is 0 Å². The van der Waals surface area contributed by atoms with Crippen LogP contribution in [-0.2, 0) is 11.3 Å². The number of carbonyl (C=O) groups is 1. The van der Waals surface area contributed by atoms with E-state index >= 15 is 0 Å². The van der Waals surface area contributed by atoms with Gasteiger partial charge in [0.15, 0.2) is 17.5 Å². The van der Waals surface area contributed by atoms with E-state index in [1.165, 1.54) is 0 Å². The number of ether oxygens (including phenoxy) is 2. The van der Waals surface area contributed by atoms with Crippen LogP contribution in [0.2, 0.25) is 0 Å². The summed E-state index contributed by atoms with van der Waals surface area (Å²) in [6.07, 6.45) is 0.455. The number of nitrogens with zero attached hydrogens (tertiary/aromatic N) is 1. The van der Waals surface area contributed by atoms with Crippen LogP contribution in [0.5, 0.6) is 11.5 Å². The molecular weight excluding hydrogens is 495 g/mol. The first-order chi connectivity index (χ1) is 14.1. The van der Waals surface area contributed by atoms with Gasteiger partial charge in [0.1, 0.15) is 0 Å². The van der Waals surface area contributed by atoms with Crippen LogP contribution in [0, 0.1) is 0 Å². The number of halogens is 1. The zero-order chi connectivity index (χ0) is 20.6. The van der Waals surface area contributed by atoms with Crippen LogP contribution >= 0.6 is 24.0 Å². The average molecular weight is 524 g/mol. The summed E-state index contributed by atoms with van der Waals surface area (Å²) in [6.45, 7) is 3.74. The van der Waals surface area contributed by atoms with Crippen molar-refractivity contribution in [2.24, 2.45) is 4.99 Å². The molecule has 0 radical (unpaired) electrons. The fourth-order valence-corrected chi connectivity index (χ4v) is 3.41. The number of methoxy groups -OCH3 is 1. The van der Waals surface area contributed by atoms with Gasteiger partial charge in [0.2, 0.25) is 5.91 Å². The number of carbonyl (C=O) groups excluding carboxylic acids is 1. The number of hydrogen-bond acceptors (Lipinski definition) is 4. The fourth-order valence-electron chi connectivity index (χ4n) is 3.41. The van der Waals surface area contributed by atoms with E-state index in [0.29, 0.717) is 37.8 Å². The Hall–Kier alpha value is -2.49. The number of rotatable bonds is 7. The summed E-state index contributed by atoms with van der Waals surface area (Å²) >= 11 is 0. The second-order valence-corrected chi connectivity index (χ2v) is 6.76. The summed E-state index contributed by atoms with van der Waals surface area (Å²) in [6, 6.07) is 13.8. The van der Waals surface area contributed by atoms with Crippen molar-refractivity contribution in [3.63, 3.8) is 0 Å². The lowest BCUT2D eigenvalue weighted by Gasteiger charge is -2.26. The number of nitrogens with one attached hydrogen (secondary N) is 3. The van der Waals surface area contributed by atoms with Crippen LogP contribution in [0.4, 0.5) is 5.69 Å². The fraction of sp³-hybridized carbons (Fsp3) is 0.364. The lowest BCUT2D eigenvalue weighted by molar-refractivity contribution is -0.116. The molecule has 1 aliphatic heterocycles. The summed E-state index contributed by atoms with van der Waals surface area (Å²) in [5.74, 6) is 2.26. The van der Waals surface area contributed by atoms with Gasteiger partial charge in [-0.1, -0.05) is 24.3 Å². The van der Waals surface area contributed by atoms with Crippen molar-refractivity contribution in [2.75, 3.05) is 32.6 Å². The maximum absolute atomic E-state index is 12.0. The van der Waals surface area contributed by atoms with Gasteiger partial charge in [0.05, 0.1) is 13.7 Å². The Balaban J connectivity index is 0.00000320. The molecular formula is C22H29IN4O3. The van der Waals surface area contributed by atoms with Crippen molar-refractivity contribution >= 4 is 41.5 Å². The Kier molecular flexibility index (Phi) is 9.22. The SMILES string of the molecule is CCOc1ccc(CNC(=NC)NCC2CC(=O)Nc3ccccc32)cc1OC.I. The second-order valence-electron chi connectivity index (χ2n) is 6.76. The quantitative estimate of drug-likeness (QED) is 0.294. The molecule has 0 bridgehead atoms. The largest absolute Gasteiger partial charge is 0.493 e. The number of anilines is 1. The molecule has 3 N–H and O–H groups in total. The first-order valence-electron chi connectivity index (χ1n) is 9.77. The van der Waals surface area contributed by atoms with E-state index in [1.54, 1.807) is 14.2 Å². The smallest absolute Gasteiger partial charge is 0.225 e. The standard InChI is InChI=1S/C22H28N4O3.HI/c1-4-29-19-10-9-15(11-20(19)28-3)13-24-22(23-2)25-14-16-12-21(27)26-18-8-6-5-7-17(16)18;/h5-11,16H,4,12-14H2,1-3H3,(H,26,27)(H2,23,24,25);1H. The number of guanidine groups is 1. The van der Waals surface area contributed by atoms with Gasteiger partial charge < -0.3 is 25.4 Å². The van der Waals surface area contributed by atoms with Crippen molar-refractivity contribution < 1.29 is 14.3 Å². The molecule has 7 nitrogen and oxygen atoms in total. The summed E-state index contributed by atoms with van der Waals surface area (Å²) < 4.78 is 11.0. The highest BCUT2D eigenvalue weighted by molar-refractivity contribution is 14.0. The molecule has 1 atom stereocenters. The minimum absolute atomic E-state index is 0. The van der Waals surface area contributed by atoms with E-state index in [0.717, 1.165) is 22.6 Å². The summed E-state index contributed by atoms with van der Waals surface area (Å²) in [5, 5.41) is 9.57. The van der Waals surface area contributed by atoms with Crippen molar-refractivity contribution in [3.05, 3.63) is 53.6 Å². The number of benzene rings is 2. The Labute approximate surface area is 194 Å². The van der Waals surface area contributed by atoms with E-state index < -0.39 is 0 Å². The number of aliphatic imine (C=N–C) groups is 1. The molecule has 0 saturated heterocycles. The summed E-state index contributed by atoms with van der Waals surface area (Å²) in [7, 11) is 3.36. The van der Waals surface area contributed by atoms with Gasteiger partial charge >= 0.3 is 0 Å². The van der Waals surface area contributed by atoms with Crippen molar-refractivity contribution in [1.82, 2.24) is 10.6 Å². The van der Waals surface area contributed by atoms with E-state index in [4.69, 9.17) is 9.47 Å². The molecule has 2 aromatic rings. The van der Waals surface area contributed by atoms with Gasteiger partial charge in [-0.15, -0.1) is 24.0 Å². The van der Waals surface area contributed by atoms with Crippen LogP contribution in [0.15, 0.2) is 47.5 Å². The van der Waals surface area contributed by atoms with Gasteiger partial charge in [0, 0.05) is 38.2 Å². The van der Waals surface area contributed by atoms with E-state index in [2.05, 4.69) is 27.0 Å². The zero-order valence-corrected chi connectivity index (χ0v) is 19.9. The Morgan fingerprint density at radius 3 is 2.73 bits per heavy atom. The molecule has 162 valence electrons. The molecule has 1 amide bonds. The highest BCUT2D eigenvalue weighted by atomic mass is 127. The van der Waals surface area contributed by atoms with E-state index in [-0.39, 0.29) is 35.8 Å². The number of fused-ring (bicyclic) bond motifs is 1. The van der Waals surface area contributed by atoms with Crippen LogP contribution in [0.1, 0.15) is 30.4 Å². The van der Waals surface area contributed by atoms with Gasteiger partial charge in [-0.05, 0) is 36.2 Å². The normalized spacial score (nSPS) is 15.4. The monoisotopic (exact) mass is 524 g/mol. The van der Waals surface area contributed by atoms with E-state index in [9.17, 15) is 4.79 Å². The minimum Gasteiger partial charge on any atom is -0.493 e. The summed E-state index contributed by atoms with van der Waals surface area (Å²) in [4.78, 5) is 16.3. The molecule has 0 spiro atoms. The number of para-hydroxylation sites is 1. The first kappa shape index (κ1) is 23.8. The molecule has 0 aliphatic carbocycles. The third-order valence-electron chi connectivity index (χ3n) is 4.83. The van der Waals surface area contributed by atoms with Crippen LogP contribution in [-0.4, -0.2) is 39.2 Å². The van der Waals surface area contributed by atoms with Crippen LogP contribution in [0.3, 0.4) is 0 Å². The molecule has 3 rings (SSSR count). The molecule has 2 aromatic carbocycles. The van der Waals surface area contributed by atoms with Gasteiger partial charge in [-0.2, -0.15) is 0 Å². The second kappa shape index (κ2) is 11.6. The highest BCUT2D eigenvalue weighted by Gasteiger charge is 2.24. The molecule has 0 fully saturated rings. The predicted molar refractivity (Wildman–Crippen MR) is 130 cm³/mol. The minimum atomic E-state index is 0. The van der Waals surface area contributed by atoms with Gasteiger partial charge in [0.25, 0.3) is 0 Å². The van der Waals surface area contributed by atoms with Crippen molar-refractivity contribution in [3.8, 4) is 11.5 Å². The first-order valence-corrected chi connectivity index (χ1v) is 9.77. The van der Waals surface area contributed by atoms with Gasteiger partial charge in [-0.25, -0.2) is 0 Å². The average Bonchev–Trinajstić information content (AvgIpc) is 2.74. The van der Waals surface area contributed by atoms with E-state index in [1.807, 2.05) is 43.3 Å². The molecule has 30 heavy (non-hydrogen) atoms. The number of hydrogen-bond donors (Lipinski definition) is 3. The Bertz CT molecular complexity index is 888. The molecule has 0 saturated carbocycles. The lowest BCUT2D eigenvalue weighted by atomic mass is 9.90. The van der Waals surface area contributed by atoms with Crippen LogP contribution < -0.4 is 25.4 Å². The zero-order valence-electron chi connectivity index (χ0n) is 17.5. The summed E-state index contributed by atoms with van der Waals surface area (Å²) in [5.41, 5.74) is 3.09. The Morgan fingerprint density at radius 1 is 1.20 bits per heavy atom. The Morgan fingerprint density at radius 2 is 2.00 bits per heavy atom. The third-order valence-corrected chi connectivity index (χ3v) is 4.83. The van der Waals surface area contributed by atoms with Crippen molar-refractivity contribution in [2.45, 2.75) is 25.8 Å². The molecule has 8 heteroatoms. The highest BCUT2D eigenvalue weighted by Crippen LogP contribution is 2.31. The van der Waals surface area contributed by atoms with Gasteiger partial charge in [-0.3, -0.25) is 9.79 Å². The number of amides is 1. The molecule has 0 aromatic heterocycles. The molecule has 1 heterocycles. The molecule has 1 unspecified atom stereocenters.